The molecule has 0 saturated carbocycles. The Labute approximate surface area is 410 Å². The van der Waals surface area contributed by atoms with E-state index in [0.29, 0.717) is 12.1 Å². The monoisotopic (exact) mass is 1120 g/mol. The van der Waals surface area contributed by atoms with Crippen LogP contribution in [-0.4, -0.2) is 126 Å². The van der Waals surface area contributed by atoms with Gasteiger partial charge in [-0.25, -0.2) is 0 Å². The molecule has 31 heteroatoms. The van der Waals surface area contributed by atoms with Gasteiger partial charge in [0.2, 0.25) is 0 Å². The van der Waals surface area contributed by atoms with Gasteiger partial charge in [0.25, 0.3) is 66.6 Å². The number of amides is 1. The Morgan fingerprint density at radius 2 is 1.15 bits per heavy atom. The van der Waals surface area contributed by atoms with Gasteiger partial charge in [-0.1, -0.05) is 30.3 Å². The van der Waals surface area contributed by atoms with Crippen LogP contribution in [0, 0.1) is 0 Å². The fourth-order valence-electron chi connectivity index (χ4n) is 7.48. The molecule has 0 bridgehead atoms. The summed E-state index contributed by atoms with van der Waals surface area (Å²) in [6.45, 7) is -1.04. The van der Waals surface area contributed by atoms with Crippen LogP contribution in [0.4, 0.5) is 5.69 Å². The molecule has 0 atom stereocenters. The summed E-state index contributed by atoms with van der Waals surface area (Å²) in [5, 5.41) is 11.1. The lowest BCUT2D eigenvalue weighted by atomic mass is 9.90. The predicted molar refractivity (Wildman–Crippen MR) is 250 cm³/mol. The third-order valence-electron chi connectivity index (χ3n) is 10.7. The van der Waals surface area contributed by atoms with E-state index in [-0.39, 0.29) is 69.5 Å². The van der Waals surface area contributed by atoms with E-state index in [0.717, 1.165) is 48.5 Å². The number of carbonyl (C=O) groups is 2. The van der Waals surface area contributed by atoms with Gasteiger partial charge in [-0.3, -0.25) is 41.9 Å². The molecule has 4 aromatic rings. The maximum absolute atomic E-state index is 14.1. The fourth-order valence-corrected chi connectivity index (χ4v) is 11.5. The summed E-state index contributed by atoms with van der Waals surface area (Å²) in [6.07, 6.45) is -1.14. The molecule has 386 valence electrons. The molecule has 25 nitrogen and oxygen atoms in total. The van der Waals surface area contributed by atoms with E-state index in [1.807, 2.05) is 0 Å². The van der Waals surface area contributed by atoms with Crippen molar-refractivity contribution in [1.82, 2.24) is 4.90 Å². The topological polar surface area (TPSA) is 421 Å². The number of carboxylic acid groups (broad SMARTS) is 1. The first kappa shape index (κ1) is 55.1. The Balaban J connectivity index is 1.60. The lowest BCUT2D eigenvalue weighted by Crippen LogP contribution is -2.28. The molecule has 2 aliphatic rings. The van der Waals surface area contributed by atoms with Gasteiger partial charge >= 0.3 is 5.97 Å². The second-order valence-corrected chi connectivity index (χ2v) is 24.0. The Morgan fingerprint density at radius 3 is 1.68 bits per heavy atom. The number of rotatable bonds is 19. The number of hydrogen-bond acceptors (Lipinski definition) is 17. The van der Waals surface area contributed by atoms with Gasteiger partial charge in [0.05, 0.1) is 30.6 Å². The van der Waals surface area contributed by atoms with Gasteiger partial charge in [-0.15, -0.1) is 0 Å². The van der Waals surface area contributed by atoms with Crippen LogP contribution in [0.25, 0.3) is 33.4 Å². The third kappa shape index (κ3) is 12.7. The second-order valence-electron chi connectivity index (χ2n) is 15.6. The van der Waals surface area contributed by atoms with Crippen LogP contribution in [0.15, 0.2) is 124 Å². The van der Waals surface area contributed by atoms with Gasteiger partial charge in [0.1, 0.15) is 21.1 Å². The molecule has 0 spiro atoms. The highest BCUT2D eigenvalue weighted by Crippen LogP contribution is 2.44. The van der Waals surface area contributed by atoms with E-state index in [1.165, 1.54) is 36.2 Å². The van der Waals surface area contributed by atoms with E-state index in [9.17, 15) is 87.4 Å². The van der Waals surface area contributed by atoms with Crippen molar-refractivity contribution in [2.45, 2.75) is 55.1 Å². The number of nitrogens with zero attached hydrogens (tertiary/aromatic N) is 2. The van der Waals surface area contributed by atoms with Crippen molar-refractivity contribution in [2.75, 3.05) is 32.0 Å². The maximum atomic E-state index is 14.1. The molecule has 1 aliphatic carbocycles. The van der Waals surface area contributed by atoms with Crippen molar-refractivity contribution in [3.63, 3.8) is 0 Å². The summed E-state index contributed by atoms with van der Waals surface area (Å²) in [5.74, 6) is -2.14. The minimum absolute atomic E-state index is 0.0211. The molecule has 0 radical (unpaired) electrons. The van der Waals surface area contributed by atoms with Crippen LogP contribution in [0.3, 0.4) is 0 Å². The van der Waals surface area contributed by atoms with E-state index in [1.54, 1.807) is 0 Å². The van der Waals surface area contributed by atoms with Crippen molar-refractivity contribution in [1.29, 1.82) is 0 Å². The van der Waals surface area contributed by atoms with Crippen molar-refractivity contribution >= 4 is 89.2 Å². The SMILES string of the molecule is CN(CCCC(=O)O)C(=O)c1ccccc1-c1c2cc(S(=O)(=O)O)/c(=N/CCc3ccc(S(=O)(=O)O)cc3S(=O)(=O)O)cc-2oc2cc(NCCc3ccc(S(=O)(=O)O)cc3S(=O)(=O)O)c(S(=O)(=O)O)cc12. The quantitative estimate of drug-likeness (QED) is 0.0425. The maximum Gasteiger partial charge on any atom is 0.303 e. The third-order valence-corrected chi connectivity index (χ3v) is 16.1. The smallest absolute Gasteiger partial charge is 0.303 e. The van der Waals surface area contributed by atoms with Crippen molar-refractivity contribution in [2.24, 2.45) is 4.99 Å². The van der Waals surface area contributed by atoms with Crippen LogP contribution in [0.1, 0.15) is 34.3 Å². The number of benzene rings is 5. The summed E-state index contributed by atoms with van der Waals surface area (Å²) < 4.78 is 214. The molecule has 72 heavy (non-hydrogen) atoms. The first-order valence-electron chi connectivity index (χ1n) is 20.2. The summed E-state index contributed by atoms with van der Waals surface area (Å²) in [7, 11) is -29.4. The number of carbonyl (C=O) groups excluding carboxylic acids is 1. The van der Waals surface area contributed by atoms with Crippen LogP contribution >= 0.6 is 0 Å². The molecule has 6 rings (SSSR count). The molecular weight excluding hydrogens is 1080 g/mol. The highest BCUT2D eigenvalue weighted by molar-refractivity contribution is 7.87. The van der Waals surface area contributed by atoms with Gasteiger partial charge in [-0.05, 0) is 78.4 Å². The molecule has 1 aliphatic heterocycles. The van der Waals surface area contributed by atoms with Crippen molar-refractivity contribution in [3.8, 4) is 22.5 Å². The Kier molecular flexibility index (Phi) is 15.6. The summed E-state index contributed by atoms with van der Waals surface area (Å²) in [5.41, 5.74) is -1.75. The molecule has 1 heterocycles. The largest absolute Gasteiger partial charge is 0.481 e. The van der Waals surface area contributed by atoms with E-state index >= 15 is 0 Å². The molecule has 0 unspecified atom stereocenters. The normalized spacial score (nSPS) is 13.1. The van der Waals surface area contributed by atoms with Gasteiger partial charge in [0.15, 0.2) is 0 Å². The van der Waals surface area contributed by atoms with E-state index in [4.69, 9.17) is 9.52 Å². The zero-order valence-electron chi connectivity index (χ0n) is 36.6. The molecule has 8 N–H and O–H groups in total. The highest BCUT2D eigenvalue weighted by atomic mass is 32.2. The molecule has 0 aromatic heterocycles. The fraction of sp³-hybridized carbons (Fsp3) is 0.195. The van der Waals surface area contributed by atoms with Crippen LogP contribution in [0.2, 0.25) is 0 Å². The number of hydrogen-bond donors (Lipinski definition) is 8. The number of aliphatic carboxylic acids is 1. The highest BCUT2D eigenvalue weighted by Gasteiger charge is 2.29. The Morgan fingerprint density at radius 1 is 0.611 bits per heavy atom. The molecule has 0 saturated heterocycles. The first-order chi connectivity index (χ1) is 33.2. The second kappa shape index (κ2) is 20.3. The first-order valence-corrected chi connectivity index (χ1v) is 28.8. The molecular formula is C41H39N3O22S6. The molecule has 1 amide bonds. The van der Waals surface area contributed by atoms with Crippen LogP contribution in [0.5, 0.6) is 0 Å². The predicted octanol–water partition coefficient (Wildman–Crippen LogP) is 3.42. The van der Waals surface area contributed by atoms with Crippen molar-refractivity contribution < 1.29 is 96.9 Å². The summed E-state index contributed by atoms with van der Waals surface area (Å²) in [4.78, 5) is 25.2. The van der Waals surface area contributed by atoms with Gasteiger partial charge < -0.3 is 19.7 Å². The lowest BCUT2D eigenvalue weighted by molar-refractivity contribution is -0.137. The van der Waals surface area contributed by atoms with Crippen LogP contribution in [-0.2, 0) is 78.3 Å². The number of fused-ring (bicyclic) bond motifs is 2. The standard InChI is InChI=1S/C41H39N3O22S6/c1-44(16-4-7-39(45)46)41(47)28-6-3-2-5-27(28)40-29-19-37(71(60,61)62)31(42-14-12-23-8-10-25(67(48,49)50)17-35(23)69(54,55)56)21-33(29)66-34-22-32(38(20-30(34)40)72(63,64)65)43-15-13-24-9-11-26(68(51,52)53)18-36(24)70(57,58)59/h2-3,5-6,8-11,17-22,42H,4,7,12-16H2,1H3,(H,45,46)(H,48,49,50)(H,51,52,53)(H,54,55,56)(H,57,58,59)(H,60,61,62)(H,63,64,65)/b43-32+. The minimum atomic E-state index is -5.31. The minimum Gasteiger partial charge on any atom is -0.481 e. The average Bonchev–Trinajstić information content (AvgIpc) is 3.25. The number of carboxylic acids is 1. The molecule has 4 aromatic carbocycles. The summed E-state index contributed by atoms with van der Waals surface area (Å²) in [6, 6.07) is 13.8. The van der Waals surface area contributed by atoms with Gasteiger partial charge in [0, 0.05) is 67.3 Å². The number of anilines is 1. The Bertz CT molecular complexity index is 3950. The van der Waals surface area contributed by atoms with Crippen LogP contribution < -0.4 is 10.7 Å². The summed E-state index contributed by atoms with van der Waals surface area (Å²) >= 11 is 0. The van der Waals surface area contributed by atoms with Gasteiger partial charge in [-0.2, -0.15) is 50.5 Å². The lowest BCUT2D eigenvalue weighted by Gasteiger charge is -2.22. The van der Waals surface area contributed by atoms with Crippen molar-refractivity contribution in [3.05, 3.63) is 107 Å². The van der Waals surface area contributed by atoms with E-state index in [2.05, 4.69) is 10.3 Å². The molecule has 0 fully saturated rings. The van der Waals surface area contributed by atoms with E-state index < -0.39 is 139 Å². The Hall–Kier alpha value is -6.23. The zero-order valence-corrected chi connectivity index (χ0v) is 41.5. The zero-order chi connectivity index (χ0) is 53.5. The number of nitrogens with one attached hydrogen (secondary N) is 1. The average molecular weight is 1120 g/mol.